The van der Waals surface area contributed by atoms with Gasteiger partial charge < -0.3 is 15.7 Å². The van der Waals surface area contributed by atoms with E-state index in [1.54, 1.807) is 11.3 Å². The van der Waals surface area contributed by atoms with Crippen LogP contribution in [0.25, 0.3) is 0 Å². The first-order valence-corrected chi connectivity index (χ1v) is 9.39. The monoisotopic (exact) mass is 471 g/mol. The topological polar surface area (TPSA) is 56.7 Å². The molecule has 1 aliphatic rings. The van der Waals surface area contributed by atoms with Gasteiger partial charge in [0, 0.05) is 18.5 Å². The number of aliphatic hydroxyl groups is 1. The van der Waals surface area contributed by atoms with Crippen LogP contribution in [0.4, 0.5) is 0 Å². The van der Waals surface area contributed by atoms with Crippen LogP contribution >= 0.6 is 35.3 Å². The number of aliphatic imine (C=N–C) groups is 1. The van der Waals surface area contributed by atoms with Gasteiger partial charge in [-0.15, -0.1) is 24.0 Å². The molecule has 25 heavy (non-hydrogen) atoms. The summed E-state index contributed by atoms with van der Waals surface area (Å²) in [6.45, 7) is 5.00. The third-order valence-electron chi connectivity index (χ3n) is 4.37. The van der Waals surface area contributed by atoms with Gasteiger partial charge in [-0.05, 0) is 48.2 Å². The molecule has 1 fully saturated rings. The molecule has 2 aromatic rings. The second-order valence-corrected chi connectivity index (χ2v) is 7.26. The van der Waals surface area contributed by atoms with Crippen molar-refractivity contribution in [3.8, 4) is 0 Å². The highest BCUT2D eigenvalue weighted by molar-refractivity contribution is 14.0. The number of guanidine groups is 1. The average Bonchev–Trinajstić information content (AvgIpc) is 3.11. The molecule has 4 nitrogen and oxygen atoms in total. The molecule has 1 aromatic carbocycles. The average molecular weight is 471 g/mol. The summed E-state index contributed by atoms with van der Waals surface area (Å²) < 4.78 is 0. The first-order chi connectivity index (χ1) is 11.6. The van der Waals surface area contributed by atoms with Crippen LogP contribution in [0.15, 0.2) is 52.2 Å². The zero-order chi connectivity index (χ0) is 17.0. The number of nitrogens with one attached hydrogen (secondary N) is 2. The summed E-state index contributed by atoms with van der Waals surface area (Å²) in [7, 11) is 0. The van der Waals surface area contributed by atoms with E-state index in [-0.39, 0.29) is 24.0 Å². The van der Waals surface area contributed by atoms with Gasteiger partial charge in [0.2, 0.25) is 0 Å². The Morgan fingerprint density at radius 1 is 1.32 bits per heavy atom. The fourth-order valence-electron chi connectivity index (χ4n) is 2.81. The Kier molecular flexibility index (Phi) is 7.27. The van der Waals surface area contributed by atoms with E-state index in [0.29, 0.717) is 18.5 Å². The molecule has 3 atom stereocenters. The maximum absolute atomic E-state index is 10.6. The molecule has 6 heteroatoms. The second-order valence-electron chi connectivity index (χ2n) is 6.48. The molecule has 3 rings (SSSR count). The second kappa shape index (κ2) is 9.00. The Bertz CT molecular complexity index is 673. The van der Waals surface area contributed by atoms with Crippen molar-refractivity contribution in [2.75, 3.05) is 13.1 Å². The quantitative estimate of drug-likeness (QED) is 0.342. The third kappa shape index (κ3) is 5.43. The molecule has 1 aliphatic carbocycles. The Labute approximate surface area is 170 Å². The van der Waals surface area contributed by atoms with E-state index in [2.05, 4.69) is 46.8 Å². The lowest BCUT2D eigenvalue weighted by Crippen LogP contribution is -2.40. The van der Waals surface area contributed by atoms with Crippen molar-refractivity contribution in [2.24, 2.45) is 4.99 Å². The van der Waals surface area contributed by atoms with Crippen molar-refractivity contribution >= 4 is 41.3 Å². The van der Waals surface area contributed by atoms with Gasteiger partial charge >= 0.3 is 0 Å². The molecule has 0 radical (unpaired) electrons. The SMILES string of the molecule is CCNC(=NCC(C)(O)c1ccsc1)NC1CC1c1ccccc1.I. The Morgan fingerprint density at radius 2 is 2.08 bits per heavy atom. The number of rotatable bonds is 6. The predicted molar refractivity (Wildman–Crippen MR) is 116 cm³/mol. The molecule has 0 amide bonds. The summed E-state index contributed by atoms with van der Waals surface area (Å²) in [6.07, 6.45) is 1.12. The maximum Gasteiger partial charge on any atom is 0.191 e. The molecular weight excluding hydrogens is 445 g/mol. The van der Waals surface area contributed by atoms with Crippen molar-refractivity contribution in [2.45, 2.75) is 37.8 Å². The molecule has 3 N–H and O–H groups in total. The standard InChI is InChI=1S/C19H25N3OS.HI/c1-3-20-18(21-13-19(2,23)15-9-10-24-12-15)22-17-11-16(17)14-7-5-4-6-8-14;/h4-10,12,16-17,23H,3,11,13H2,1-2H3,(H2,20,21,22);1H. The molecule has 0 aliphatic heterocycles. The van der Waals surface area contributed by atoms with E-state index in [0.717, 1.165) is 24.5 Å². The normalized spacial score (nSPS) is 21.8. The van der Waals surface area contributed by atoms with E-state index in [1.165, 1.54) is 5.56 Å². The van der Waals surface area contributed by atoms with E-state index in [4.69, 9.17) is 0 Å². The van der Waals surface area contributed by atoms with Crippen LogP contribution in [0, 0.1) is 0 Å². The fourth-order valence-corrected chi connectivity index (χ4v) is 3.60. The molecular formula is C19H26IN3OS. The van der Waals surface area contributed by atoms with Gasteiger partial charge in [0.1, 0.15) is 5.60 Å². The van der Waals surface area contributed by atoms with Crippen LogP contribution in [0.5, 0.6) is 0 Å². The van der Waals surface area contributed by atoms with Crippen LogP contribution in [0.2, 0.25) is 0 Å². The first kappa shape index (κ1) is 20.2. The van der Waals surface area contributed by atoms with Gasteiger partial charge in [0.25, 0.3) is 0 Å². The third-order valence-corrected chi connectivity index (χ3v) is 5.06. The minimum absolute atomic E-state index is 0. The number of halogens is 1. The predicted octanol–water partition coefficient (Wildman–Crippen LogP) is 3.68. The van der Waals surface area contributed by atoms with E-state index in [1.807, 2.05) is 29.8 Å². The highest BCUT2D eigenvalue weighted by atomic mass is 127. The van der Waals surface area contributed by atoms with Gasteiger partial charge in [0.05, 0.1) is 6.54 Å². The highest BCUT2D eigenvalue weighted by Gasteiger charge is 2.39. The lowest BCUT2D eigenvalue weighted by Gasteiger charge is -2.21. The van der Waals surface area contributed by atoms with Crippen LogP contribution in [-0.4, -0.2) is 30.2 Å². The largest absolute Gasteiger partial charge is 0.383 e. The number of hydrogen-bond donors (Lipinski definition) is 3. The molecule has 136 valence electrons. The zero-order valence-electron chi connectivity index (χ0n) is 14.6. The van der Waals surface area contributed by atoms with Crippen LogP contribution in [-0.2, 0) is 5.60 Å². The highest BCUT2D eigenvalue weighted by Crippen LogP contribution is 2.40. The summed E-state index contributed by atoms with van der Waals surface area (Å²) in [4.78, 5) is 4.60. The lowest BCUT2D eigenvalue weighted by atomic mass is 10.00. The minimum Gasteiger partial charge on any atom is -0.383 e. The molecule has 1 aromatic heterocycles. The summed E-state index contributed by atoms with van der Waals surface area (Å²) in [5, 5.41) is 21.3. The Morgan fingerprint density at radius 3 is 2.72 bits per heavy atom. The van der Waals surface area contributed by atoms with E-state index in [9.17, 15) is 5.11 Å². The number of hydrogen-bond acceptors (Lipinski definition) is 3. The summed E-state index contributed by atoms with van der Waals surface area (Å²) in [5.41, 5.74) is 1.35. The van der Waals surface area contributed by atoms with Crippen LogP contribution in [0.1, 0.15) is 37.3 Å². The van der Waals surface area contributed by atoms with Crippen molar-refractivity contribution in [3.63, 3.8) is 0 Å². The molecule has 0 spiro atoms. The van der Waals surface area contributed by atoms with Crippen molar-refractivity contribution in [1.82, 2.24) is 10.6 Å². The van der Waals surface area contributed by atoms with Crippen molar-refractivity contribution in [3.05, 3.63) is 58.3 Å². The number of thiophene rings is 1. The summed E-state index contributed by atoms with van der Waals surface area (Å²) in [5.74, 6) is 1.32. The molecule has 3 unspecified atom stereocenters. The van der Waals surface area contributed by atoms with Crippen LogP contribution in [0.3, 0.4) is 0 Å². The summed E-state index contributed by atoms with van der Waals surface area (Å²) in [6, 6.07) is 12.9. The molecule has 0 saturated heterocycles. The number of benzene rings is 1. The number of nitrogens with zero attached hydrogens (tertiary/aromatic N) is 1. The summed E-state index contributed by atoms with van der Waals surface area (Å²) >= 11 is 1.59. The van der Waals surface area contributed by atoms with Gasteiger partial charge in [0.15, 0.2) is 5.96 Å². The fraction of sp³-hybridized carbons (Fsp3) is 0.421. The van der Waals surface area contributed by atoms with E-state index >= 15 is 0 Å². The van der Waals surface area contributed by atoms with Crippen molar-refractivity contribution in [1.29, 1.82) is 0 Å². The minimum atomic E-state index is -0.940. The van der Waals surface area contributed by atoms with Gasteiger partial charge in [-0.2, -0.15) is 11.3 Å². The smallest absolute Gasteiger partial charge is 0.191 e. The van der Waals surface area contributed by atoms with Gasteiger partial charge in [-0.25, -0.2) is 4.99 Å². The lowest BCUT2D eigenvalue weighted by molar-refractivity contribution is 0.0677. The molecule has 1 heterocycles. The molecule has 1 saturated carbocycles. The van der Waals surface area contributed by atoms with Crippen molar-refractivity contribution < 1.29 is 5.11 Å². The Hall–Kier alpha value is -1.12. The maximum atomic E-state index is 10.6. The molecule has 0 bridgehead atoms. The van der Waals surface area contributed by atoms with Crippen LogP contribution < -0.4 is 10.6 Å². The Balaban J connectivity index is 0.00000225. The first-order valence-electron chi connectivity index (χ1n) is 8.45. The van der Waals surface area contributed by atoms with Gasteiger partial charge in [-0.3, -0.25) is 0 Å². The zero-order valence-corrected chi connectivity index (χ0v) is 17.8. The van der Waals surface area contributed by atoms with Gasteiger partial charge in [-0.1, -0.05) is 30.3 Å². The van der Waals surface area contributed by atoms with E-state index < -0.39 is 5.60 Å².